The summed E-state index contributed by atoms with van der Waals surface area (Å²) in [5.74, 6) is -0.836. The molecule has 2 amide bonds. The van der Waals surface area contributed by atoms with E-state index in [9.17, 15) is 65.4 Å². The summed E-state index contributed by atoms with van der Waals surface area (Å²) in [5, 5.41) is 105. The standard InChI is InChI=1S/C33H60N4O19/c1-15(40)16(6-4-5-9-34)36-37-21(42)8-3-2-7-20(41)35-10-11-51-32-29(50)30(56-33-28(49)26(47)23(44)18(13-39)54-33)24(45)19(55-32)14-52-31-27(48)25(46)22(43)17(12-38)53-31/h16-19,22-33,36,38-39,43-50H,2-14,34H2,1H3,(H,35,41)(H,37,42)/t16-,17+,18+,19+,22+,23+,24+,25-,26-,27-,28-,29-,30-,31-,32-,33+/m0/s1. The number of nitrogens with two attached hydrogens (primary N) is 1. The van der Waals surface area contributed by atoms with E-state index in [1.165, 1.54) is 6.92 Å². The number of rotatable bonds is 23. The number of Topliss-reactive ketones (excluding diaryl/α,β-unsaturated/α-hetero) is 1. The smallest absolute Gasteiger partial charge is 0.234 e. The highest BCUT2D eigenvalue weighted by molar-refractivity contribution is 5.82. The molecule has 0 aliphatic carbocycles. The highest BCUT2D eigenvalue weighted by atomic mass is 16.7. The van der Waals surface area contributed by atoms with Gasteiger partial charge in [0.2, 0.25) is 11.8 Å². The summed E-state index contributed by atoms with van der Waals surface area (Å²) in [6.45, 7) is -0.580. The van der Waals surface area contributed by atoms with Gasteiger partial charge in [-0.25, -0.2) is 5.43 Å². The molecule has 16 atom stereocenters. The lowest BCUT2D eigenvalue weighted by Gasteiger charge is -2.46. The Bertz CT molecular complexity index is 1190. The number of amides is 2. The molecular weight excluding hydrogens is 756 g/mol. The van der Waals surface area contributed by atoms with Crippen LogP contribution in [-0.4, -0.2) is 206 Å². The first kappa shape index (κ1) is 48.3. The molecular formula is C33H60N4O19. The second-order valence-corrected chi connectivity index (χ2v) is 13.9. The molecule has 0 spiro atoms. The van der Waals surface area contributed by atoms with Gasteiger partial charge in [-0.1, -0.05) is 6.42 Å². The zero-order valence-electron chi connectivity index (χ0n) is 31.2. The van der Waals surface area contributed by atoms with Gasteiger partial charge in [0.15, 0.2) is 18.9 Å². The topological polar surface area (TPSA) is 371 Å². The Morgan fingerprint density at radius 3 is 1.80 bits per heavy atom. The average molecular weight is 817 g/mol. The molecule has 3 rings (SSSR count). The zero-order valence-corrected chi connectivity index (χ0v) is 31.2. The van der Waals surface area contributed by atoms with E-state index in [2.05, 4.69) is 16.2 Å². The molecule has 3 saturated heterocycles. The molecule has 0 aromatic rings. The van der Waals surface area contributed by atoms with Crippen molar-refractivity contribution < 1.29 is 93.9 Å². The number of carbonyl (C=O) groups is 3. The summed E-state index contributed by atoms with van der Waals surface area (Å²) in [6.07, 6.45) is -22.3. The number of ketones is 1. The van der Waals surface area contributed by atoms with E-state index in [0.717, 1.165) is 12.8 Å². The Hall–Kier alpha value is -2.11. The van der Waals surface area contributed by atoms with Crippen LogP contribution in [0.15, 0.2) is 0 Å². The number of aliphatic hydroxyl groups excluding tert-OH is 10. The van der Waals surface area contributed by atoms with Crippen molar-refractivity contribution in [2.24, 2.45) is 5.73 Å². The molecule has 3 heterocycles. The van der Waals surface area contributed by atoms with Crippen molar-refractivity contribution >= 4 is 17.6 Å². The van der Waals surface area contributed by atoms with Crippen LogP contribution in [0.5, 0.6) is 0 Å². The molecule has 23 heteroatoms. The van der Waals surface area contributed by atoms with Gasteiger partial charge in [0.05, 0.1) is 32.5 Å². The van der Waals surface area contributed by atoms with E-state index in [-0.39, 0.29) is 43.6 Å². The third-order valence-corrected chi connectivity index (χ3v) is 9.64. The molecule has 15 N–H and O–H groups in total. The van der Waals surface area contributed by atoms with Gasteiger partial charge in [0.1, 0.15) is 79.0 Å². The maximum Gasteiger partial charge on any atom is 0.234 e. The Kier molecular flexibility index (Phi) is 20.8. The first-order valence-corrected chi connectivity index (χ1v) is 18.7. The fourth-order valence-corrected chi connectivity index (χ4v) is 6.19. The average Bonchev–Trinajstić information content (AvgIpc) is 3.17. The van der Waals surface area contributed by atoms with E-state index in [1.807, 2.05) is 0 Å². The van der Waals surface area contributed by atoms with Crippen LogP contribution in [0.25, 0.3) is 0 Å². The van der Waals surface area contributed by atoms with E-state index < -0.39 is 118 Å². The molecule has 0 aromatic heterocycles. The van der Waals surface area contributed by atoms with Crippen molar-refractivity contribution in [3.05, 3.63) is 0 Å². The Morgan fingerprint density at radius 1 is 0.661 bits per heavy atom. The van der Waals surface area contributed by atoms with Gasteiger partial charge in [0, 0.05) is 19.4 Å². The van der Waals surface area contributed by atoms with E-state index in [4.69, 9.17) is 34.2 Å². The van der Waals surface area contributed by atoms with Crippen LogP contribution in [0.4, 0.5) is 0 Å². The highest BCUT2D eigenvalue weighted by Gasteiger charge is 2.52. The van der Waals surface area contributed by atoms with E-state index >= 15 is 0 Å². The normalized spacial score (nSPS) is 36.8. The molecule has 3 fully saturated rings. The molecule has 0 unspecified atom stereocenters. The molecule has 326 valence electrons. The predicted octanol–water partition coefficient (Wildman–Crippen LogP) is -7.16. The summed E-state index contributed by atoms with van der Waals surface area (Å²) >= 11 is 0. The lowest BCUT2D eigenvalue weighted by atomic mass is 9.96. The molecule has 3 aliphatic heterocycles. The molecule has 0 bridgehead atoms. The Morgan fingerprint density at radius 2 is 1.21 bits per heavy atom. The van der Waals surface area contributed by atoms with E-state index in [1.54, 1.807) is 0 Å². The third-order valence-electron chi connectivity index (χ3n) is 9.64. The van der Waals surface area contributed by atoms with Gasteiger partial charge in [-0.3, -0.25) is 19.8 Å². The number of hydrogen-bond donors (Lipinski definition) is 14. The number of nitrogens with one attached hydrogen (secondary N) is 3. The predicted molar refractivity (Wildman–Crippen MR) is 185 cm³/mol. The van der Waals surface area contributed by atoms with Crippen molar-refractivity contribution in [2.75, 3.05) is 39.5 Å². The molecule has 3 aliphatic rings. The first-order chi connectivity index (χ1) is 26.6. The minimum Gasteiger partial charge on any atom is -0.394 e. The number of hydrazine groups is 1. The second kappa shape index (κ2) is 24.1. The van der Waals surface area contributed by atoms with Gasteiger partial charge in [0.25, 0.3) is 0 Å². The fraction of sp³-hybridized carbons (Fsp3) is 0.909. The number of ether oxygens (including phenoxy) is 6. The summed E-state index contributed by atoms with van der Waals surface area (Å²) in [5.41, 5.74) is 10.7. The minimum absolute atomic E-state index is 0.0665. The molecule has 56 heavy (non-hydrogen) atoms. The molecule has 0 saturated carbocycles. The van der Waals surface area contributed by atoms with Crippen LogP contribution < -0.4 is 21.9 Å². The summed E-state index contributed by atoms with van der Waals surface area (Å²) in [7, 11) is 0. The number of carbonyl (C=O) groups excluding carboxylic acids is 3. The van der Waals surface area contributed by atoms with Gasteiger partial charge >= 0.3 is 0 Å². The van der Waals surface area contributed by atoms with Gasteiger partial charge < -0.3 is 90.5 Å². The number of unbranched alkanes of at least 4 members (excludes halogenated alkanes) is 2. The molecule has 0 aromatic carbocycles. The van der Waals surface area contributed by atoms with Gasteiger partial charge in [-0.05, 0) is 39.2 Å². The lowest BCUT2D eigenvalue weighted by Crippen LogP contribution is -2.65. The quantitative estimate of drug-likeness (QED) is 0.0336. The molecule has 0 radical (unpaired) electrons. The maximum absolute atomic E-state index is 12.4. The van der Waals surface area contributed by atoms with Crippen LogP contribution >= 0.6 is 0 Å². The summed E-state index contributed by atoms with van der Waals surface area (Å²) < 4.78 is 33.2. The highest BCUT2D eigenvalue weighted by Crippen LogP contribution is 2.31. The monoisotopic (exact) mass is 816 g/mol. The Labute approximate surface area is 322 Å². The summed E-state index contributed by atoms with van der Waals surface area (Å²) in [4.78, 5) is 36.4. The first-order valence-electron chi connectivity index (χ1n) is 18.7. The zero-order chi connectivity index (χ0) is 41.5. The third kappa shape index (κ3) is 13.7. The molecule has 23 nitrogen and oxygen atoms in total. The fourth-order valence-electron chi connectivity index (χ4n) is 6.19. The van der Waals surface area contributed by atoms with Gasteiger partial charge in [-0.2, -0.15) is 0 Å². The van der Waals surface area contributed by atoms with Crippen LogP contribution in [0.3, 0.4) is 0 Å². The van der Waals surface area contributed by atoms with Crippen LogP contribution in [0.1, 0.15) is 51.9 Å². The largest absolute Gasteiger partial charge is 0.394 e. The van der Waals surface area contributed by atoms with Crippen molar-refractivity contribution in [1.29, 1.82) is 0 Å². The van der Waals surface area contributed by atoms with Crippen molar-refractivity contribution in [3.63, 3.8) is 0 Å². The maximum atomic E-state index is 12.4. The SMILES string of the molecule is CC(=O)[C@H](CCCCN)NNC(=O)CCCCC(=O)NCCO[C@H]1O[C@H](CO[C@H]2O[C@H](CO)[C@@H](O)[C@H](O)[C@@H]2O)[C@@H](O)[C@H](O[C@H]2O[C@H](CO)[C@@H](O)[C@H](O)[C@@H]2O)[C@@H]1O. The van der Waals surface area contributed by atoms with Gasteiger partial charge in [-0.15, -0.1) is 0 Å². The second-order valence-electron chi connectivity index (χ2n) is 13.9. The minimum atomic E-state index is -1.91. The van der Waals surface area contributed by atoms with Crippen molar-refractivity contribution in [2.45, 2.75) is 150 Å². The number of hydrogen-bond acceptors (Lipinski definition) is 21. The van der Waals surface area contributed by atoms with Crippen molar-refractivity contribution in [3.8, 4) is 0 Å². The number of aliphatic hydroxyl groups is 10. The lowest BCUT2D eigenvalue weighted by molar-refractivity contribution is -0.366. The van der Waals surface area contributed by atoms with Crippen LogP contribution in [0.2, 0.25) is 0 Å². The van der Waals surface area contributed by atoms with Crippen LogP contribution in [-0.2, 0) is 42.8 Å². The van der Waals surface area contributed by atoms with E-state index in [0.29, 0.717) is 25.8 Å². The van der Waals surface area contributed by atoms with Crippen molar-refractivity contribution in [1.82, 2.24) is 16.2 Å². The van der Waals surface area contributed by atoms with Crippen LogP contribution in [0, 0.1) is 0 Å². The summed E-state index contributed by atoms with van der Waals surface area (Å²) in [6, 6.07) is -0.528. The Balaban J connectivity index is 1.53.